The largest absolute Gasteiger partial charge is 0.242 e. The van der Waals surface area contributed by atoms with E-state index >= 15 is 0 Å². The predicted octanol–water partition coefficient (Wildman–Crippen LogP) is 3.22. The SMILES string of the molecule is CCCc1csc(-c2cscn2)n1. The molecule has 0 fully saturated rings. The molecule has 0 N–H and O–H groups in total. The summed E-state index contributed by atoms with van der Waals surface area (Å²) in [5, 5.41) is 5.21. The maximum Gasteiger partial charge on any atom is 0.142 e. The Balaban J connectivity index is 2.23. The summed E-state index contributed by atoms with van der Waals surface area (Å²) < 4.78 is 0. The fourth-order valence-electron chi connectivity index (χ4n) is 1.11. The van der Waals surface area contributed by atoms with Crippen LogP contribution in [0.2, 0.25) is 0 Å². The van der Waals surface area contributed by atoms with Crippen molar-refractivity contribution in [1.29, 1.82) is 0 Å². The second-order valence-electron chi connectivity index (χ2n) is 2.77. The van der Waals surface area contributed by atoms with Crippen molar-refractivity contribution < 1.29 is 0 Å². The van der Waals surface area contributed by atoms with Crippen LogP contribution >= 0.6 is 22.7 Å². The number of hydrogen-bond donors (Lipinski definition) is 0. The van der Waals surface area contributed by atoms with Crippen molar-refractivity contribution in [2.45, 2.75) is 19.8 Å². The van der Waals surface area contributed by atoms with E-state index in [1.165, 1.54) is 5.69 Å². The van der Waals surface area contributed by atoms with Gasteiger partial charge in [0.05, 0.1) is 11.2 Å². The molecule has 2 aromatic rings. The first-order chi connectivity index (χ1) is 6.40. The van der Waals surface area contributed by atoms with E-state index in [4.69, 9.17) is 0 Å². The Labute approximate surface area is 85.3 Å². The Bertz CT molecular complexity index is 365. The fraction of sp³-hybridized carbons (Fsp3) is 0.333. The van der Waals surface area contributed by atoms with Gasteiger partial charge in [-0.2, -0.15) is 0 Å². The Kier molecular flexibility index (Phi) is 2.71. The molecule has 0 radical (unpaired) electrons. The van der Waals surface area contributed by atoms with Crippen LogP contribution in [0, 0.1) is 0 Å². The molecule has 68 valence electrons. The minimum absolute atomic E-state index is 1.01. The van der Waals surface area contributed by atoms with Gasteiger partial charge in [0.2, 0.25) is 0 Å². The van der Waals surface area contributed by atoms with Crippen molar-refractivity contribution in [1.82, 2.24) is 9.97 Å². The molecular formula is C9H10N2S2. The van der Waals surface area contributed by atoms with E-state index in [-0.39, 0.29) is 0 Å². The van der Waals surface area contributed by atoms with Gasteiger partial charge in [-0.15, -0.1) is 22.7 Å². The van der Waals surface area contributed by atoms with Crippen molar-refractivity contribution in [3.8, 4) is 10.7 Å². The summed E-state index contributed by atoms with van der Waals surface area (Å²) in [7, 11) is 0. The number of nitrogens with zero attached hydrogens (tertiary/aromatic N) is 2. The zero-order chi connectivity index (χ0) is 9.10. The van der Waals surface area contributed by atoms with Gasteiger partial charge in [0.15, 0.2) is 0 Å². The summed E-state index contributed by atoms with van der Waals surface area (Å²) in [5.74, 6) is 0. The van der Waals surface area contributed by atoms with Crippen LogP contribution in [0.25, 0.3) is 10.7 Å². The lowest BCUT2D eigenvalue weighted by Crippen LogP contribution is -1.82. The highest BCUT2D eigenvalue weighted by atomic mass is 32.1. The molecule has 2 aromatic heterocycles. The molecule has 0 spiro atoms. The van der Waals surface area contributed by atoms with Crippen molar-refractivity contribution >= 4 is 22.7 Å². The molecule has 2 heterocycles. The van der Waals surface area contributed by atoms with E-state index < -0.39 is 0 Å². The van der Waals surface area contributed by atoms with E-state index in [1.54, 1.807) is 22.7 Å². The maximum atomic E-state index is 4.51. The molecule has 0 unspecified atom stereocenters. The molecule has 0 atom stereocenters. The lowest BCUT2D eigenvalue weighted by Gasteiger charge is -1.88. The molecule has 0 saturated heterocycles. The van der Waals surface area contributed by atoms with E-state index in [2.05, 4.69) is 22.3 Å². The van der Waals surface area contributed by atoms with E-state index in [0.29, 0.717) is 0 Å². The van der Waals surface area contributed by atoms with Crippen LogP contribution in [0.5, 0.6) is 0 Å². The molecule has 2 nitrogen and oxygen atoms in total. The molecule has 4 heteroatoms. The average Bonchev–Trinajstić information content (AvgIpc) is 2.70. The normalized spacial score (nSPS) is 10.5. The lowest BCUT2D eigenvalue weighted by atomic mass is 10.3. The third kappa shape index (κ3) is 1.95. The number of rotatable bonds is 3. The Hall–Kier alpha value is -0.740. The highest BCUT2D eigenvalue weighted by Gasteiger charge is 2.04. The minimum atomic E-state index is 1.01. The van der Waals surface area contributed by atoms with E-state index in [0.717, 1.165) is 23.5 Å². The first-order valence-electron chi connectivity index (χ1n) is 4.23. The molecule has 0 aromatic carbocycles. The molecule has 0 aliphatic rings. The van der Waals surface area contributed by atoms with Gasteiger partial charge in [-0.1, -0.05) is 13.3 Å². The summed E-state index contributed by atoms with van der Waals surface area (Å²) >= 11 is 3.29. The van der Waals surface area contributed by atoms with Crippen molar-refractivity contribution in [3.63, 3.8) is 0 Å². The zero-order valence-corrected chi connectivity index (χ0v) is 8.99. The highest BCUT2D eigenvalue weighted by Crippen LogP contribution is 2.23. The second kappa shape index (κ2) is 3.98. The molecule has 0 aliphatic heterocycles. The van der Waals surface area contributed by atoms with Gasteiger partial charge in [0.1, 0.15) is 10.7 Å². The third-order valence-corrected chi connectivity index (χ3v) is 3.21. The lowest BCUT2D eigenvalue weighted by molar-refractivity contribution is 0.893. The molecule has 0 saturated carbocycles. The van der Waals surface area contributed by atoms with Crippen LogP contribution in [0.4, 0.5) is 0 Å². The topological polar surface area (TPSA) is 25.8 Å². The van der Waals surface area contributed by atoms with Gasteiger partial charge in [-0.25, -0.2) is 9.97 Å². The fourth-order valence-corrected chi connectivity index (χ4v) is 2.55. The number of thiazole rings is 2. The monoisotopic (exact) mass is 210 g/mol. The van der Waals surface area contributed by atoms with Gasteiger partial charge in [0, 0.05) is 10.8 Å². The van der Waals surface area contributed by atoms with Gasteiger partial charge in [0.25, 0.3) is 0 Å². The highest BCUT2D eigenvalue weighted by molar-refractivity contribution is 7.13. The van der Waals surface area contributed by atoms with Crippen molar-refractivity contribution in [2.24, 2.45) is 0 Å². The predicted molar refractivity (Wildman–Crippen MR) is 57.2 cm³/mol. The Morgan fingerprint density at radius 1 is 1.38 bits per heavy atom. The Morgan fingerprint density at radius 2 is 2.31 bits per heavy atom. The maximum absolute atomic E-state index is 4.51. The van der Waals surface area contributed by atoms with Crippen molar-refractivity contribution in [3.05, 3.63) is 22.0 Å². The number of aromatic nitrogens is 2. The summed E-state index contributed by atoms with van der Waals surface area (Å²) in [6.45, 7) is 2.17. The minimum Gasteiger partial charge on any atom is -0.242 e. The van der Waals surface area contributed by atoms with Crippen LogP contribution in [0.15, 0.2) is 16.3 Å². The number of aryl methyl sites for hydroxylation is 1. The summed E-state index contributed by atoms with van der Waals surface area (Å²) in [4.78, 5) is 8.73. The van der Waals surface area contributed by atoms with E-state index in [9.17, 15) is 0 Å². The van der Waals surface area contributed by atoms with Crippen LogP contribution in [0.3, 0.4) is 0 Å². The summed E-state index contributed by atoms with van der Waals surface area (Å²) in [6.07, 6.45) is 2.22. The molecule has 0 bridgehead atoms. The van der Waals surface area contributed by atoms with Crippen LogP contribution in [-0.2, 0) is 6.42 Å². The van der Waals surface area contributed by atoms with Gasteiger partial charge in [-0.05, 0) is 6.42 Å². The van der Waals surface area contributed by atoms with Gasteiger partial charge in [-0.3, -0.25) is 0 Å². The quantitative estimate of drug-likeness (QED) is 0.777. The third-order valence-electron chi connectivity index (χ3n) is 1.71. The first-order valence-corrected chi connectivity index (χ1v) is 6.05. The van der Waals surface area contributed by atoms with Crippen LogP contribution < -0.4 is 0 Å². The van der Waals surface area contributed by atoms with Crippen LogP contribution in [-0.4, -0.2) is 9.97 Å². The zero-order valence-electron chi connectivity index (χ0n) is 7.36. The second-order valence-corrected chi connectivity index (χ2v) is 4.34. The molecule has 2 rings (SSSR count). The summed E-state index contributed by atoms with van der Waals surface area (Å²) in [6, 6.07) is 0. The number of hydrogen-bond acceptors (Lipinski definition) is 4. The first kappa shape index (κ1) is 8.84. The Morgan fingerprint density at radius 3 is 3.00 bits per heavy atom. The van der Waals surface area contributed by atoms with Crippen molar-refractivity contribution in [2.75, 3.05) is 0 Å². The van der Waals surface area contributed by atoms with Gasteiger partial charge < -0.3 is 0 Å². The molecule has 0 aliphatic carbocycles. The van der Waals surface area contributed by atoms with E-state index in [1.807, 2.05) is 10.9 Å². The average molecular weight is 210 g/mol. The molecule has 0 amide bonds. The molecule has 13 heavy (non-hydrogen) atoms. The summed E-state index contributed by atoms with van der Waals surface area (Å²) in [5.41, 5.74) is 4.05. The van der Waals surface area contributed by atoms with Gasteiger partial charge >= 0.3 is 0 Å². The standard InChI is InChI=1S/C9H10N2S2/c1-2-3-7-4-13-9(11-7)8-5-12-6-10-8/h4-6H,2-3H2,1H3. The molecular weight excluding hydrogens is 200 g/mol. The smallest absolute Gasteiger partial charge is 0.142 e. The van der Waals surface area contributed by atoms with Crippen LogP contribution in [0.1, 0.15) is 19.0 Å².